The lowest BCUT2D eigenvalue weighted by atomic mass is 10.0. The first-order chi connectivity index (χ1) is 16.8. The van der Waals surface area contributed by atoms with E-state index in [-0.39, 0.29) is 35.2 Å². The van der Waals surface area contributed by atoms with Crippen molar-refractivity contribution in [3.8, 4) is 28.7 Å². The summed E-state index contributed by atoms with van der Waals surface area (Å²) in [6, 6.07) is 6.99. The molecule has 10 heteroatoms. The molecule has 9 nitrogen and oxygen atoms in total. The van der Waals surface area contributed by atoms with E-state index in [1.54, 1.807) is 40.4 Å². The average Bonchev–Trinajstić information content (AvgIpc) is 3.35. The monoisotopic (exact) mass is 509 g/mol. The molecule has 35 heavy (non-hydrogen) atoms. The van der Waals surface area contributed by atoms with Gasteiger partial charge in [0.1, 0.15) is 6.61 Å². The van der Waals surface area contributed by atoms with Crippen molar-refractivity contribution in [1.82, 2.24) is 0 Å². The highest BCUT2D eigenvalue weighted by Crippen LogP contribution is 2.47. The van der Waals surface area contributed by atoms with Gasteiger partial charge in [-0.2, -0.15) is 0 Å². The van der Waals surface area contributed by atoms with Crippen LogP contribution in [0.25, 0.3) is 0 Å². The quantitative estimate of drug-likeness (QED) is 0.422. The molecule has 2 aromatic carbocycles. The second kappa shape index (κ2) is 12.4. The molecule has 0 saturated carbocycles. The van der Waals surface area contributed by atoms with Gasteiger partial charge in [-0.15, -0.1) is 0 Å². The number of methoxy groups -OCH3 is 3. The second-order valence-corrected chi connectivity index (χ2v) is 9.15. The molecular weight excluding hydrogens is 476 g/mol. The Labute approximate surface area is 208 Å². The van der Waals surface area contributed by atoms with Crippen molar-refractivity contribution in [2.24, 2.45) is 0 Å². The van der Waals surface area contributed by atoms with E-state index in [0.717, 1.165) is 5.56 Å². The highest BCUT2D eigenvalue weighted by molar-refractivity contribution is 7.79. The molecule has 4 atom stereocenters. The molecule has 0 bridgehead atoms. The minimum atomic E-state index is -2.56. The molecule has 1 aliphatic heterocycles. The van der Waals surface area contributed by atoms with Gasteiger partial charge in [-0.05, 0) is 72.7 Å². The van der Waals surface area contributed by atoms with Crippen LogP contribution in [0.1, 0.15) is 56.4 Å². The Morgan fingerprint density at radius 1 is 0.971 bits per heavy atom. The number of hydrogen-bond acceptors (Lipinski definition) is 9. The Morgan fingerprint density at radius 3 is 2.03 bits per heavy atom. The molecule has 0 aromatic heterocycles. The van der Waals surface area contributed by atoms with E-state index >= 15 is 0 Å². The Hall–Kier alpha value is -2.53. The summed E-state index contributed by atoms with van der Waals surface area (Å²) in [4.78, 5) is -0.00335. The molecule has 0 amide bonds. The summed E-state index contributed by atoms with van der Waals surface area (Å²) in [5, 5.41) is 9.68. The van der Waals surface area contributed by atoms with Crippen LogP contribution in [0, 0.1) is 0 Å². The molecule has 1 heterocycles. The highest BCUT2D eigenvalue weighted by atomic mass is 32.2. The molecular formula is C25H33O9S-. The van der Waals surface area contributed by atoms with Gasteiger partial charge in [0.15, 0.2) is 23.0 Å². The van der Waals surface area contributed by atoms with Gasteiger partial charge in [0.05, 0.1) is 51.1 Å². The maximum Gasteiger partial charge on any atom is 0.203 e. The number of benzene rings is 2. The minimum absolute atomic E-state index is 0.00335. The van der Waals surface area contributed by atoms with Crippen LogP contribution in [0.3, 0.4) is 0 Å². The Bertz CT molecular complexity index is 999. The molecule has 194 valence electrons. The summed E-state index contributed by atoms with van der Waals surface area (Å²) in [5.74, 6) is 1.96. The van der Waals surface area contributed by atoms with Crippen molar-refractivity contribution < 1.29 is 42.3 Å². The van der Waals surface area contributed by atoms with Crippen molar-refractivity contribution in [2.45, 2.75) is 56.3 Å². The number of aliphatic hydroxyl groups is 1. The van der Waals surface area contributed by atoms with Gasteiger partial charge in [-0.25, -0.2) is 0 Å². The number of ether oxygens (including phenoxy) is 6. The second-order valence-electron chi connectivity index (χ2n) is 8.24. The van der Waals surface area contributed by atoms with E-state index in [0.29, 0.717) is 48.7 Å². The first-order valence-corrected chi connectivity index (χ1v) is 12.6. The molecule has 0 radical (unpaired) electrons. The molecule has 3 rings (SSSR count). The fraction of sp³-hybridized carbons (Fsp3) is 0.520. The van der Waals surface area contributed by atoms with Crippen molar-refractivity contribution in [3.05, 3.63) is 35.4 Å². The Morgan fingerprint density at radius 2 is 1.54 bits per heavy atom. The average molecular weight is 510 g/mol. The first kappa shape index (κ1) is 27.1. The summed E-state index contributed by atoms with van der Waals surface area (Å²) in [7, 11) is 4.66. The third kappa shape index (κ3) is 6.38. The van der Waals surface area contributed by atoms with Gasteiger partial charge in [0.25, 0.3) is 0 Å². The maximum atomic E-state index is 12.1. The maximum absolute atomic E-state index is 12.1. The lowest BCUT2D eigenvalue weighted by Gasteiger charge is -2.22. The SMILES string of the molecule is CCCOc1c(OCC(C)O)cc([C@@H]2CC[C@@H](c3cc(OC)c(OC)c(OC)c3)O2)cc1S(=O)[O-]. The van der Waals surface area contributed by atoms with Gasteiger partial charge in [0, 0.05) is 0 Å². The molecule has 1 aliphatic rings. The smallest absolute Gasteiger partial charge is 0.203 e. The third-order valence-electron chi connectivity index (χ3n) is 5.60. The van der Waals surface area contributed by atoms with Crippen molar-refractivity contribution in [2.75, 3.05) is 34.5 Å². The zero-order valence-electron chi connectivity index (χ0n) is 20.7. The molecule has 0 aliphatic carbocycles. The zero-order valence-corrected chi connectivity index (χ0v) is 21.5. The van der Waals surface area contributed by atoms with Crippen LogP contribution in [0.15, 0.2) is 29.2 Å². The van der Waals surface area contributed by atoms with Gasteiger partial charge in [0.2, 0.25) is 5.75 Å². The summed E-state index contributed by atoms with van der Waals surface area (Å²) in [6.45, 7) is 3.84. The molecule has 1 N–H and O–H groups in total. The van der Waals surface area contributed by atoms with Crippen LogP contribution >= 0.6 is 0 Å². The van der Waals surface area contributed by atoms with Gasteiger partial charge in [-0.1, -0.05) is 6.92 Å². The van der Waals surface area contributed by atoms with Crippen molar-refractivity contribution >= 4 is 11.1 Å². The molecule has 0 spiro atoms. The summed E-state index contributed by atoms with van der Waals surface area (Å²) in [6.07, 6.45) is 0.716. The summed E-state index contributed by atoms with van der Waals surface area (Å²) >= 11 is -2.56. The molecule has 2 unspecified atom stereocenters. The van der Waals surface area contributed by atoms with E-state index in [1.807, 2.05) is 19.1 Å². The van der Waals surface area contributed by atoms with Crippen LogP contribution in [0.4, 0.5) is 0 Å². The van der Waals surface area contributed by atoms with E-state index in [4.69, 9.17) is 28.4 Å². The topological polar surface area (TPSA) is 116 Å². The summed E-state index contributed by atoms with van der Waals surface area (Å²) in [5.41, 5.74) is 1.52. The van der Waals surface area contributed by atoms with E-state index in [1.165, 1.54) is 0 Å². The van der Waals surface area contributed by atoms with Crippen LogP contribution in [0.5, 0.6) is 28.7 Å². The van der Waals surface area contributed by atoms with E-state index in [9.17, 15) is 13.9 Å². The standard InChI is InChI=1S/C25H34O9S/c1-6-9-32-25-22(33-14-15(2)26)12-17(13-23(25)35(27)28)19-8-7-18(34-19)16-10-20(29-3)24(31-5)21(11-16)30-4/h10-13,15,18-19,26H,6-9,14H2,1-5H3,(H,27,28)/p-1/t15?,18-,19-/m0/s1. The van der Waals surface area contributed by atoms with E-state index < -0.39 is 17.2 Å². The predicted molar refractivity (Wildman–Crippen MR) is 128 cm³/mol. The highest BCUT2D eigenvalue weighted by Gasteiger charge is 2.31. The fourth-order valence-corrected chi connectivity index (χ4v) is 4.53. The molecule has 1 fully saturated rings. The Balaban J connectivity index is 1.94. The fourth-order valence-electron chi connectivity index (χ4n) is 3.99. The van der Waals surface area contributed by atoms with Gasteiger partial charge < -0.3 is 38.1 Å². The number of hydrogen-bond donors (Lipinski definition) is 1. The van der Waals surface area contributed by atoms with Crippen LogP contribution in [-0.4, -0.2) is 54.5 Å². The number of aliphatic hydroxyl groups excluding tert-OH is 1. The van der Waals surface area contributed by atoms with Gasteiger partial charge >= 0.3 is 0 Å². The van der Waals surface area contributed by atoms with Gasteiger partial charge in [-0.3, -0.25) is 4.21 Å². The predicted octanol–water partition coefficient (Wildman–Crippen LogP) is 4.09. The lowest BCUT2D eigenvalue weighted by Crippen LogP contribution is -2.14. The zero-order chi connectivity index (χ0) is 25.5. The molecule has 2 aromatic rings. The number of rotatable bonds is 12. The van der Waals surface area contributed by atoms with Crippen molar-refractivity contribution in [3.63, 3.8) is 0 Å². The lowest BCUT2D eigenvalue weighted by molar-refractivity contribution is 0.0433. The minimum Gasteiger partial charge on any atom is -0.768 e. The first-order valence-electron chi connectivity index (χ1n) is 11.5. The normalized spacial score (nSPS) is 19.2. The third-order valence-corrected chi connectivity index (χ3v) is 6.27. The summed E-state index contributed by atoms with van der Waals surface area (Å²) < 4.78 is 58.2. The van der Waals surface area contributed by atoms with E-state index in [2.05, 4.69) is 0 Å². The van der Waals surface area contributed by atoms with Crippen LogP contribution < -0.4 is 23.7 Å². The van der Waals surface area contributed by atoms with Crippen molar-refractivity contribution in [1.29, 1.82) is 0 Å². The molecule has 1 saturated heterocycles. The Kier molecular flexibility index (Phi) is 9.62. The van der Waals surface area contributed by atoms with Crippen LogP contribution in [0.2, 0.25) is 0 Å². The van der Waals surface area contributed by atoms with Crippen LogP contribution in [-0.2, 0) is 15.8 Å². The largest absolute Gasteiger partial charge is 0.768 e.